The van der Waals surface area contributed by atoms with Gasteiger partial charge in [-0.25, -0.2) is 4.79 Å². The van der Waals surface area contributed by atoms with E-state index in [1.807, 2.05) is 42.5 Å². The summed E-state index contributed by atoms with van der Waals surface area (Å²) in [6.45, 7) is 0.614. The van der Waals surface area contributed by atoms with Gasteiger partial charge in [-0.05, 0) is 42.0 Å². The largest absolute Gasteiger partial charge is 0.487 e. The van der Waals surface area contributed by atoms with Crippen molar-refractivity contribution in [1.82, 2.24) is 4.98 Å². The minimum atomic E-state index is -0.373. The maximum atomic E-state index is 11.9. The third kappa shape index (κ3) is 4.57. The molecular formula is C18H14ClNO3S. The van der Waals surface area contributed by atoms with Crippen molar-refractivity contribution in [3.8, 4) is 5.75 Å². The van der Waals surface area contributed by atoms with Gasteiger partial charge in [-0.15, -0.1) is 11.3 Å². The van der Waals surface area contributed by atoms with E-state index in [4.69, 9.17) is 21.1 Å². The molecule has 6 heteroatoms. The first kappa shape index (κ1) is 16.5. The van der Waals surface area contributed by atoms with Crippen LogP contribution < -0.4 is 4.74 Å². The van der Waals surface area contributed by atoms with E-state index in [-0.39, 0.29) is 12.6 Å². The standard InChI is InChI=1S/C18H14ClNO3S/c19-17-9-8-16(24-17)18(21)23-11-13-4-6-15(7-5-13)22-12-14-3-1-2-10-20-14/h1-10H,11-12H2. The number of esters is 1. The number of carbonyl (C=O) groups excluding carboxylic acids is 1. The van der Waals surface area contributed by atoms with E-state index in [1.54, 1.807) is 18.3 Å². The third-order valence-corrected chi connectivity index (χ3v) is 4.39. The Morgan fingerprint density at radius 1 is 1.04 bits per heavy atom. The number of benzene rings is 1. The number of aromatic nitrogens is 1. The minimum absolute atomic E-state index is 0.203. The number of nitrogens with zero attached hydrogens (tertiary/aromatic N) is 1. The average Bonchev–Trinajstić information content (AvgIpc) is 3.06. The average molecular weight is 360 g/mol. The highest BCUT2D eigenvalue weighted by Gasteiger charge is 2.10. The van der Waals surface area contributed by atoms with Crippen LogP contribution in [0.15, 0.2) is 60.8 Å². The van der Waals surface area contributed by atoms with Gasteiger partial charge in [0.1, 0.15) is 23.8 Å². The molecule has 0 amide bonds. The first-order valence-corrected chi connectivity index (χ1v) is 8.44. The van der Waals surface area contributed by atoms with Gasteiger partial charge in [0.25, 0.3) is 0 Å². The van der Waals surface area contributed by atoms with Crippen molar-refractivity contribution in [3.05, 3.63) is 81.3 Å². The molecule has 0 unspecified atom stereocenters. The minimum Gasteiger partial charge on any atom is -0.487 e. The van der Waals surface area contributed by atoms with Gasteiger partial charge in [-0.3, -0.25) is 4.98 Å². The highest BCUT2D eigenvalue weighted by Crippen LogP contribution is 2.22. The summed E-state index contributed by atoms with van der Waals surface area (Å²) in [5, 5.41) is 0. The summed E-state index contributed by atoms with van der Waals surface area (Å²) >= 11 is 7.01. The van der Waals surface area contributed by atoms with Crippen LogP contribution in [0.4, 0.5) is 0 Å². The Balaban J connectivity index is 1.50. The molecule has 0 aliphatic carbocycles. The predicted molar refractivity (Wildman–Crippen MR) is 93.5 cm³/mol. The summed E-state index contributed by atoms with van der Waals surface area (Å²) < 4.78 is 11.5. The Kier molecular flexibility index (Phi) is 5.46. The van der Waals surface area contributed by atoms with Crippen molar-refractivity contribution in [2.45, 2.75) is 13.2 Å². The van der Waals surface area contributed by atoms with Crippen LogP contribution in [0.2, 0.25) is 4.34 Å². The van der Waals surface area contributed by atoms with E-state index < -0.39 is 0 Å². The van der Waals surface area contributed by atoms with Gasteiger partial charge in [-0.1, -0.05) is 29.8 Å². The highest BCUT2D eigenvalue weighted by atomic mass is 35.5. The molecule has 0 saturated carbocycles. The van der Waals surface area contributed by atoms with Gasteiger partial charge in [0.2, 0.25) is 0 Å². The molecule has 0 aliphatic rings. The van der Waals surface area contributed by atoms with Gasteiger partial charge in [0.05, 0.1) is 10.0 Å². The zero-order valence-electron chi connectivity index (χ0n) is 12.6. The van der Waals surface area contributed by atoms with Crippen molar-refractivity contribution in [2.24, 2.45) is 0 Å². The van der Waals surface area contributed by atoms with Crippen LogP contribution in [0, 0.1) is 0 Å². The molecule has 2 heterocycles. The fraction of sp³-hybridized carbons (Fsp3) is 0.111. The number of hydrogen-bond acceptors (Lipinski definition) is 5. The maximum absolute atomic E-state index is 11.9. The first-order valence-electron chi connectivity index (χ1n) is 7.25. The van der Waals surface area contributed by atoms with Crippen LogP contribution in [0.3, 0.4) is 0 Å². The molecule has 3 rings (SSSR count). The van der Waals surface area contributed by atoms with Crippen molar-refractivity contribution < 1.29 is 14.3 Å². The summed E-state index contributed by atoms with van der Waals surface area (Å²) in [5.74, 6) is 0.364. The van der Waals surface area contributed by atoms with Crippen LogP contribution in [-0.2, 0) is 18.0 Å². The zero-order chi connectivity index (χ0) is 16.8. The highest BCUT2D eigenvalue weighted by molar-refractivity contribution is 7.17. The zero-order valence-corrected chi connectivity index (χ0v) is 14.2. The number of rotatable bonds is 6. The van der Waals surface area contributed by atoms with Gasteiger partial charge in [0.15, 0.2) is 0 Å². The molecule has 0 bridgehead atoms. The lowest BCUT2D eigenvalue weighted by Gasteiger charge is -2.07. The summed E-state index contributed by atoms with van der Waals surface area (Å²) in [4.78, 5) is 16.6. The van der Waals surface area contributed by atoms with Crippen LogP contribution >= 0.6 is 22.9 Å². The van der Waals surface area contributed by atoms with E-state index >= 15 is 0 Å². The Labute approximate surface area is 148 Å². The predicted octanol–water partition coefficient (Wildman–Crippen LogP) is 4.73. The van der Waals surface area contributed by atoms with Crippen LogP contribution in [0.5, 0.6) is 5.75 Å². The fourth-order valence-electron chi connectivity index (χ4n) is 1.97. The van der Waals surface area contributed by atoms with Gasteiger partial charge in [-0.2, -0.15) is 0 Å². The lowest BCUT2D eigenvalue weighted by molar-refractivity contribution is 0.0478. The Morgan fingerprint density at radius 3 is 2.54 bits per heavy atom. The number of carbonyl (C=O) groups is 1. The Hall–Kier alpha value is -2.37. The van der Waals surface area contributed by atoms with Crippen LogP contribution in [0.1, 0.15) is 20.9 Å². The number of halogens is 1. The summed E-state index contributed by atoms with van der Waals surface area (Å²) in [6.07, 6.45) is 1.73. The van der Waals surface area contributed by atoms with E-state index in [2.05, 4.69) is 4.98 Å². The number of hydrogen-bond donors (Lipinski definition) is 0. The van der Waals surface area contributed by atoms with Crippen molar-refractivity contribution in [3.63, 3.8) is 0 Å². The maximum Gasteiger partial charge on any atom is 0.348 e. The molecule has 3 aromatic rings. The third-order valence-electron chi connectivity index (χ3n) is 3.18. The lowest BCUT2D eigenvalue weighted by atomic mass is 10.2. The van der Waals surface area contributed by atoms with Crippen LogP contribution in [-0.4, -0.2) is 11.0 Å². The monoisotopic (exact) mass is 359 g/mol. The Bertz CT molecular complexity index is 803. The molecule has 0 fully saturated rings. The van der Waals surface area contributed by atoms with Gasteiger partial charge in [0, 0.05) is 6.20 Å². The van der Waals surface area contributed by atoms with E-state index in [0.717, 1.165) is 17.0 Å². The second-order valence-electron chi connectivity index (χ2n) is 4.93. The molecule has 0 N–H and O–H groups in total. The van der Waals surface area contributed by atoms with E-state index in [9.17, 15) is 4.79 Å². The van der Waals surface area contributed by atoms with Gasteiger partial charge >= 0.3 is 5.97 Å². The second kappa shape index (κ2) is 7.95. The summed E-state index contributed by atoms with van der Waals surface area (Å²) in [5.41, 5.74) is 1.75. The first-order chi connectivity index (χ1) is 11.7. The van der Waals surface area contributed by atoms with Gasteiger partial charge < -0.3 is 9.47 Å². The lowest BCUT2D eigenvalue weighted by Crippen LogP contribution is -2.03. The van der Waals surface area contributed by atoms with E-state index in [1.165, 1.54) is 11.3 Å². The fourth-order valence-corrected chi connectivity index (χ4v) is 2.90. The van der Waals surface area contributed by atoms with Crippen molar-refractivity contribution in [1.29, 1.82) is 0 Å². The molecule has 24 heavy (non-hydrogen) atoms. The van der Waals surface area contributed by atoms with Crippen molar-refractivity contribution >= 4 is 28.9 Å². The number of ether oxygens (including phenoxy) is 2. The molecule has 122 valence electrons. The molecular weight excluding hydrogens is 346 g/mol. The topological polar surface area (TPSA) is 48.4 Å². The van der Waals surface area contributed by atoms with E-state index in [0.29, 0.717) is 15.8 Å². The smallest absolute Gasteiger partial charge is 0.348 e. The normalized spacial score (nSPS) is 10.4. The second-order valence-corrected chi connectivity index (χ2v) is 6.65. The van der Waals surface area contributed by atoms with Crippen LogP contribution in [0.25, 0.3) is 0 Å². The quantitative estimate of drug-likeness (QED) is 0.597. The molecule has 0 aliphatic heterocycles. The summed E-state index contributed by atoms with van der Waals surface area (Å²) in [7, 11) is 0. The molecule has 0 saturated heterocycles. The molecule has 0 radical (unpaired) electrons. The molecule has 1 aromatic carbocycles. The summed E-state index contributed by atoms with van der Waals surface area (Å²) in [6, 6.07) is 16.4. The number of pyridine rings is 1. The molecule has 2 aromatic heterocycles. The van der Waals surface area contributed by atoms with Crippen molar-refractivity contribution in [2.75, 3.05) is 0 Å². The molecule has 4 nitrogen and oxygen atoms in total. The number of thiophene rings is 1. The Morgan fingerprint density at radius 2 is 1.88 bits per heavy atom. The SMILES string of the molecule is O=C(OCc1ccc(OCc2ccccn2)cc1)c1ccc(Cl)s1. The molecule has 0 atom stereocenters. The molecule has 0 spiro atoms.